The Bertz CT molecular complexity index is 310. The lowest BCUT2D eigenvalue weighted by atomic mass is 10.1. The molecule has 1 aromatic rings. The second kappa shape index (κ2) is 5.64. The number of hydrogen-bond acceptors (Lipinski definition) is 2. The molecular formula is C12H16BrNO. The summed E-state index contributed by atoms with van der Waals surface area (Å²) in [5.41, 5.74) is 1.24. The molecule has 1 aromatic carbocycles. The van der Waals surface area contributed by atoms with E-state index in [1.807, 2.05) is 12.1 Å². The van der Waals surface area contributed by atoms with Crippen LogP contribution in [-0.4, -0.2) is 19.2 Å². The largest absolute Gasteiger partial charge is 0.373 e. The van der Waals surface area contributed by atoms with E-state index in [1.165, 1.54) is 5.56 Å². The first-order valence-electron chi connectivity index (χ1n) is 5.41. The van der Waals surface area contributed by atoms with Gasteiger partial charge in [0.15, 0.2) is 0 Å². The predicted molar refractivity (Wildman–Crippen MR) is 64.8 cm³/mol. The molecule has 0 radical (unpaired) electrons. The minimum absolute atomic E-state index is 0.435. The van der Waals surface area contributed by atoms with Gasteiger partial charge in [-0.05, 0) is 43.6 Å². The Balaban J connectivity index is 1.81. The molecule has 0 aliphatic carbocycles. The summed E-state index contributed by atoms with van der Waals surface area (Å²) >= 11 is 3.46. The van der Waals surface area contributed by atoms with Crippen LogP contribution in [0, 0.1) is 0 Å². The summed E-state index contributed by atoms with van der Waals surface area (Å²) in [7, 11) is 0. The van der Waals surface area contributed by atoms with Gasteiger partial charge in [-0.2, -0.15) is 0 Å². The van der Waals surface area contributed by atoms with Crippen LogP contribution in [0.25, 0.3) is 0 Å². The SMILES string of the molecule is Brc1cccc(COC2CCNCC2)c1. The van der Waals surface area contributed by atoms with E-state index in [9.17, 15) is 0 Å². The van der Waals surface area contributed by atoms with Crippen molar-refractivity contribution in [3.63, 3.8) is 0 Å². The van der Waals surface area contributed by atoms with Crippen LogP contribution in [0.4, 0.5) is 0 Å². The van der Waals surface area contributed by atoms with E-state index >= 15 is 0 Å². The van der Waals surface area contributed by atoms with Gasteiger partial charge < -0.3 is 10.1 Å². The molecule has 0 spiro atoms. The van der Waals surface area contributed by atoms with Crippen LogP contribution in [0.1, 0.15) is 18.4 Å². The minimum atomic E-state index is 0.435. The fraction of sp³-hybridized carbons (Fsp3) is 0.500. The Morgan fingerprint density at radius 3 is 2.87 bits per heavy atom. The molecule has 1 aliphatic rings. The first-order chi connectivity index (χ1) is 7.34. The number of nitrogens with one attached hydrogen (secondary N) is 1. The molecule has 0 amide bonds. The molecule has 2 rings (SSSR count). The van der Waals surface area contributed by atoms with E-state index in [-0.39, 0.29) is 0 Å². The van der Waals surface area contributed by atoms with Crippen LogP contribution in [0.2, 0.25) is 0 Å². The number of piperidine rings is 1. The van der Waals surface area contributed by atoms with E-state index < -0.39 is 0 Å². The summed E-state index contributed by atoms with van der Waals surface area (Å²) in [5.74, 6) is 0. The summed E-state index contributed by atoms with van der Waals surface area (Å²) in [5, 5.41) is 3.33. The van der Waals surface area contributed by atoms with E-state index in [0.717, 1.165) is 37.0 Å². The van der Waals surface area contributed by atoms with Crippen LogP contribution in [0.5, 0.6) is 0 Å². The average molecular weight is 270 g/mol. The Hall–Kier alpha value is -0.380. The number of halogens is 1. The normalized spacial score (nSPS) is 17.9. The van der Waals surface area contributed by atoms with E-state index in [2.05, 4.69) is 33.4 Å². The lowest BCUT2D eigenvalue weighted by Gasteiger charge is -2.22. The van der Waals surface area contributed by atoms with Gasteiger partial charge in [0.2, 0.25) is 0 Å². The highest BCUT2D eigenvalue weighted by Crippen LogP contribution is 2.15. The van der Waals surface area contributed by atoms with Gasteiger partial charge in [-0.25, -0.2) is 0 Å². The molecule has 1 heterocycles. The zero-order valence-electron chi connectivity index (χ0n) is 8.71. The van der Waals surface area contributed by atoms with Crippen molar-refractivity contribution in [2.24, 2.45) is 0 Å². The Morgan fingerprint density at radius 2 is 2.13 bits per heavy atom. The van der Waals surface area contributed by atoms with Crippen molar-refractivity contribution in [3.8, 4) is 0 Å². The molecule has 3 heteroatoms. The van der Waals surface area contributed by atoms with Gasteiger partial charge in [-0.15, -0.1) is 0 Å². The van der Waals surface area contributed by atoms with Crippen LogP contribution in [-0.2, 0) is 11.3 Å². The van der Waals surface area contributed by atoms with Gasteiger partial charge in [-0.3, -0.25) is 0 Å². The maximum Gasteiger partial charge on any atom is 0.0721 e. The second-order valence-corrected chi connectivity index (χ2v) is 4.81. The summed E-state index contributed by atoms with van der Waals surface area (Å²) in [6.07, 6.45) is 2.70. The highest BCUT2D eigenvalue weighted by molar-refractivity contribution is 9.10. The summed E-state index contributed by atoms with van der Waals surface area (Å²) in [6.45, 7) is 2.90. The fourth-order valence-corrected chi connectivity index (χ4v) is 2.25. The molecule has 15 heavy (non-hydrogen) atoms. The number of ether oxygens (including phenoxy) is 1. The van der Waals surface area contributed by atoms with Crippen molar-refractivity contribution in [1.82, 2.24) is 5.32 Å². The predicted octanol–water partition coefficient (Wildman–Crippen LogP) is 2.72. The van der Waals surface area contributed by atoms with Gasteiger partial charge in [0.1, 0.15) is 0 Å². The maximum atomic E-state index is 5.86. The fourth-order valence-electron chi connectivity index (χ4n) is 1.80. The van der Waals surface area contributed by atoms with Crippen molar-refractivity contribution in [2.75, 3.05) is 13.1 Å². The van der Waals surface area contributed by atoms with E-state index in [1.54, 1.807) is 0 Å². The lowest BCUT2D eigenvalue weighted by Crippen LogP contribution is -2.32. The maximum absolute atomic E-state index is 5.86. The van der Waals surface area contributed by atoms with E-state index in [4.69, 9.17) is 4.74 Å². The van der Waals surface area contributed by atoms with Crippen molar-refractivity contribution in [3.05, 3.63) is 34.3 Å². The van der Waals surface area contributed by atoms with Crippen LogP contribution in [0.15, 0.2) is 28.7 Å². The van der Waals surface area contributed by atoms with Crippen LogP contribution in [0.3, 0.4) is 0 Å². The lowest BCUT2D eigenvalue weighted by molar-refractivity contribution is 0.0212. The molecule has 1 saturated heterocycles. The number of benzene rings is 1. The standard InChI is InChI=1S/C12H16BrNO/c13-11-3-1-2-10(8-11)9-15-12-4-6-14-7-5-12/h1-3,8,12,14H,4-7,9H2. The molecule has 82 valence electrons. The van der Waals surface area contributed by atoms with Crippen molar-refractivity contribution >= 4 is 15.9 Å². The molecule has 1 fully saturated rings. The second-order valence-electron chi connectivity index (χ2n) is 3.89. The average Bonchev–Trinajstić information content (AvgIpc) is 2.28. The molecule has 1 N–H and O–H groups in total. The van der Waals surface area contributed by atoms with Gasteiger partial charge in [0, 0.05) is 4.47 Å². The summed E-state index contributed by atoms with van der Waals surface area (Å²) in [6, 6.07) is 8.30. The van der Waals surface area contributed by atoms with Crippen LogP contribution >= 0.6 is 15.9 Å². The Morgan fingerprint density at radius 1 is 1.33 bits per heavy atom. The molecule has 2 nitrogen and oxygen atoms in total. The zero-order valence-corrected chi connectivity index (χ0v) is 10.3. The van der Waals surface area contributed by atoms with Crippen molar-refractivity contribution in [1.29, 1.82) is 0 Å². The third kappa shape index (κ3) is 3.59. The van der Waals surface area contributed by atoms with Crippen LogP contribution < -0.4 is 5.32 Å². The first-order valence-corrected chi connectivity index (χ1v) is 6.20. The van der Waals surface area contributed by atoms with Crippen molar-refractivity contribution in [2.45, 2.75) is 25.6 Å². The molecule has 0 unspecified atom stereocenters. The molecule has 0 bridgehead atoms. The third-order valence-corrected chi connectivity index (χ3v) is 3.15. The Labute approximate surface area is 99.1 Å². The minimum Gasteiger partial charge on any atom is -0.373 e. The van der Waals surface area contributed by atoms with Gasteiger partial charge in [0.25, 0.3) is 0 Å². The van der Waals surface area contributed by atoms with Gasteiger partial charge >= 0.3 is 0 Å². The first kappa shape index (κ1) is 11.1. The smallest absolute Gasteiger partial charge is 0.0721 e. The molecule has 0 atom stereocenters. The Kier molecular flexibility index (Phi) is 4.18. The quantitative estimate of drug-likeness (QED) is 0.911. The zero-order chi connectivity index (χ0) is 10.5. The molecule has 1 aliphatic heterocycles. The van der Waals surface area contributed by atoms with E-state index in [0.29, 0.717) is 6.10 Å². The van der Waals surface area contributed by atoms with Crippen molar-refractivity contribution < 1.29 is 4.74 Å². The highest BCUT2D eigenvalue weighted by atomic mass is 79.9. The molecular weight excluding hydrogens is 254 g/mol. The van der Waals surface area contributed by atoms with Gasteiger partial charge in [-0.1, -0.05) is 28.1 Å². The monoisotopic (exact) mass is 269 g/mol. The molecule has 0 aromatic heterocycles. The third-order valence-electron chi connectivity index (χ3n) is 2.66. The molecule has 0 saturated carbocycles. The number of hydrogen-bond donors (Lipinski definition) is 1. The topological polar surface area (TPSA) is 21.3 Å². The van der Waals surface area contributed by atoms with Gasteiger partial charge in [0.05, 0.1) is 12.7 Å². The summed E-state index contributed by atoms with van der Waals surface area (Å²) < 4.78 is 6.98. The highest BCUT2D eigenvalue weighted by Gasteiger charge is 2.12. The number of rotatable bonds is 3. The summed E-state index contributed by atoms with van der Waals surface area (Å²) in [4.78, 5) is 0.